The fraction of sp³-hybridized carbons (Fsp3) is 0.263. The zero-order valence-electron chi connectivity index (χ0n) is 14.8. The van der Waals surface area contributed by atoms with Gasteiger partial charge in [-0.1, -0.05) is 17.7 Å². The third-order valence-corrected chi connectivity index (χ3v) is 4.98. The zero-order chi connectivity index (χ0) is 19.0. The van der Waals surface area contributed by atoms with Gasteiger partial charge < -0.3 is 4.74 Å². The Kier molecular flexibility index (Phi) is 6.91. The van der Waals surface area contributed by atoms with Gasteiger partial charge in [-0.3, -0.25) is 4.79 Å². The molecule has 0 amide bonds. The van der Waals surface area contributed by atoms with E-state index in [9.17, 15) is 13.2 Å². The number of hydrogen-bond donors (Lipinski definition) is 1. The zero-order valence-corrected chi connectivity index (χ0v) is 15.6. The molecule has 0 unspecified atom stereocenters. The average molecular weight is 374 g/mol. The first-order chi connectivity index (χ1) is 12.4. The van der Waals surface area contributed by atoms with Gasteiger partial charge >= 0.3 is 0 Å². The molecule has 0 heterocycles. The van der Waals surface area contributed by atoms with E-state index in [0.29, 0.717) is 30.6 Å². The van der Waals surface area contributed by atoms with Gasteiger partial charge in [-0.15, -0.1) is 0 Å². The molecular weight excluding hydrogens is 352 g/mol. The van der Waals surface area contributed by atoms with Gasteiger partial charge in [0.25, 0.3) is 10.0 Å². The highest BCUT2D eigenvalue weighted by atomic mass is 32.2. The highest BCUT2D eigenvalue weighted by Gasteiger charge is 2.11. The van der Waals surface area contributed by atoms with Crippen LogP contribution in [0.2, 0.25) is 0 Å². The van der Waals surface area contributed by atoms with Gasteiger partial charge in [-0.25, -0.2) is 4.83 Å². The summed E-state index contributed by atoms with van der Waals surface area (Å²) < 4.78 is 29.1. The van der Waals surface area contributed by atoms with E-state index in [2.05, 4.69) is 9.93 Å². The second-order valence-electron chi connectivity index (χ2n) is 5.76. The van der Waals surface area contributed by atoms with Gasteiger partial charge in [-0.05, 0) is 56.2 Å². The van der Waals surface area contributed by atoms with Crippen molar-refractivity contribution in [1.29, 1.82) is 0 Å². The quantitative estimate of drug-likeness (QED) is 0.316. The number of methoxy groups -OCH3 is 1. The van der Waals surface area contributed by atoms with E-state index in [1.54, 1.807) is 43.5 Å². The van der Waals surface area contributed by atoms with E-state index < -0.39 is 10.0 Å². The summed E-state index contributed by atoms with van der Waals surface area (Å²) in [6.07, 6.45) is 2.91. The number of rotatable bonds is 9. The van der Waals surface area contributed by atoms with Crippen LogP contribution in [-0.2, 0) is 10.0 Å². The smallest absolute Gasteiger partial charge is 0.276 e. The van der Waals surface area contributed by atoms with Crippen LogP contribution < -0.4 is 9.57 Å². The van der Waals surface area contributed by atoms with E-state index in [1.807, 2.05) is 6.92 Å². The number of carbonyl (C=O) groups is 1. The Hall–Kier alpha value is -2.67. The second-order valence-corrected chi connectivity index (χ2v) is 7.42. The van der Waals surface area contributed by atoms with Gasteiger partial charge in [0.05, 0.1) is 12.0 Å². The lowest BCUT2D eigenvalue weighted by Crippen LogP contribution is -2.18. The number of ketones is 1. The monoisotopic (exact) mass is 374 g/mol. The first-order valence-electron chi connectivity index (χ1n) is 8.19. The number of ether oxygens (including phenoxy) is 1. The third-order valence-electron chi connectivity index (χ3n) is 3.74. The SMILES string of the molecule is COc1ccc(C(=O)CCC/C=N/NS(=O)(=O)c2ccc(C)cc2)cc1. The topological polar surface area (TPSA) is 84.8 Å². The molecule has 138 valence electrons. The summed E-state index contributed by atoms with van der Waals surface area (Å²) in [4.78, 5) is 14.4. The van der Waals surface area contributed by atoms with Gasteiger partial charge in [-0.2, -0.15) is 13.5 Å². The summed E-state index contributed by atoms with van der Waals surface area (Å²) in [5, 5.41) is 3.74. The third kappa shape index (κ3) is 5.70. The van der Waals surface area contributed by atoms with Crippen molar-refractivity contribution in [3.8, 4) is 5.75 Å². The lowest BCUT2D eigenvalue weighted by Gasteiger charge is -2.04. The molecule has 0 radical (unpaired) electrons. The molecule has 0 saturated carbocycles. The lowest BCUT2D eigenvalue weighted by atomic mass is 10.1. The van der Waals surface area contributed by atoms with Crippen LogP contribution in [0.3, 0.4) is 0 Å². The fourth-order valence-electron chi connectivity index (χ4n) is 2.22. The maximum atomic E-state index is 12.1. The van der Waals surface area contributed by atoms with Crippen LogP contribution >= 0.6 is 0 Å². The van der Waals surface area contributed by atoms with Crippen molar-refractivity contribution in [3.63, 3.8) is 0 Å². The molecule has 1 N–H and O–H groups in total. The second kappa shape index (κ2) is 9.15. The van der Waals surface area contributed by atoms with Gasteiger partial charge in [0.2, 0.25) is 0 Å². The molecule has 0 aromatic heterocycles. The number of benzene rings is 2. The molecule has 0 aliphatic heterocycles. The molecule has 2 rings (SSSR count). The van der Waals surface area contributed by atoms with Crippen molar-refractivity contribution in [2.24, 2.45) is 5.10 Å². The molecule has 0 spiro atoms. The lowest BCUT2D eigenvalue weighted by molar-refractivity contribution is 0.0981. The molecule has 26 heavy (non-hydrogen) atoms. The molecule has 0 aliphatic rings. The number of nitrogens with zero attached hydrogens (tertiary/aromatic N) is 1. The Labute approximate surface area is 153 Å². The minimum atomic E-state index is -3.66. The maximum absolute atomic E-state index is 12.1. The molecule has 0 bridgehead atoms. The van der Waals surface area contributed by atoms with E-state index in [1.165, 1.54) is 18.3 Å². The number of unbranched alkanes of at least 4 members (excludes halogenated alkanes) is 1. The Morgan fingerprint density at radius 2 is 1.77 bits per heavy atom. The van der Waals surface area contributed by atoms with Crippen molar-refractivity contribution >= 4 is 22.0 Å². The highest BCUT2D eigenvalue weighted by molar-refractivity contribution is 7.89. The minimum Gasteiger partial charge on any atom is -0.497 e. The molecule has 2 aromatic carbocycles. The number of hydrazone groups is 1. The van der Waals surface area contributed by atoms with Crippen LogP contribution in [0.5, 0.6) is 5.75 Å². The number of aryl methyl sites for hydroxylation is 1. The number of Topliss-reactive ketones (excluding diaryl/α,β-unsaturated/α-hetero) is 1. The van der Waals surface area contributed by atoms with Crippen molar-refractivity contribution in [2.45, 2.75) is 31.1 Å². The minimum absolute atomic E-state index is 0.0290. The van der Waals surface area contributed by atoms with E-state index in [4.69, 9.17) is 4.74 Å². The van der Waals surface area contributed by atoms with Gasteiger partial charge in [0.1, 0.15) is 5.75 Å². The Bertz CT molecular complexity index is 857. The number of sulfonamides is 1. The number of hydrogen-bond acceptors (Lipinski definition) is 5. The Morgan fingerprint density at radius 1 is 1.12 bits per heavy atom. The highest BCUT2D eigenvalue weighted by Crippen LogP contribution is 2.13. The van der Waals surface area contributed by atoms with Crippen molar-refractivity contribution in [1.82, 2.24) is 4.83 Å². The van der Waals surface area contributed by atoms with Crippen LogP contribution in [0.25, 0.3) is 0 Å². The normalized spacial score (nSPS) is 11.5. The predicted molar refractivity (Wildman–Crippen MR) is 101 cm³/mol. The summed E-state index contributed by atoms with van der Waals surface area (Å²) in [7, 11) is -2.08. The Morgan fingerprint density at radius 3 is 2.38 bits per heavy atom. The average Bonchev–Trinajstić information content (AvgIpc) is 2.64. The Balaban J connectivity index is 1.76. The van der Waals surface area contributed by atoms with E-state index >= 15 is 0 Å². The first kappa shape index (κ1) is 19.7. The van der Waals surface area contributed by atoms with Crippen LogP contribution in [0, 0.1) is 6.92 Å². The van der Waals surface area contributed by atoms with Crippen molar-refractivity contribution in [2.75, 3.05) is 7.11 Å². The number of carbonyl (C=O) groups excluding carboxylic acids is 1. The van der Waals surface area contributed by atoms with Gasteiger partial charge in [0, 0.05) is 18.2 Å². The van der Waals surface area contributed by atoms with Crippen LogP contribution in [-0.4, -0.2) is 27.5 Å². The first-order valence-corrected chi connectivity index (χ1v) is 9.68. The summed E-state index contributed by atoms with van der Waals surface area (Å²) in [6.45, 7) is 1.88. The van der Waals surface area contributed by atoms with Gasteiger partial charge in [0.15, 0.2) is 5.78 Å². The van der Waals surface area contributed by atoms with Crippen LogP contribution in [0.1, 0.15) is 35.2 Å². The molecule has 7 heteroatoms. The predicted octanol–water partition coefficient (Wildman–Crippen LogP) is 3.32. The molecule has 6 nitrogen and oxygen atoms in total. The fourth-order valence-corrected chi connectivity index (χ4v) is 3.03. The summed E-state index contributed by atoms with van der Waals surface area (Å²) in [5.74, 6) is 0.732. The molecule has 0 aliphatic carbocycles. The standard InChI is InChI=1S/C19H22N2O4S/c1-15-6-12-18(13-7-15)26(23,24)21-20-14-4-3-5-19(22)16-8-10-17(25-2)11-9-16/h6-14,21H,3-5H2,1-2H3/b20-14+. The van der Waals surface area contributed by atoms with Crippen molar-refractivity contribution < 1.29 is 17.9 Å². The number of nitrogens with one attached hydrogen (secondary N) is 1. The molecule has 2 aromatic rings. The molecule has 0 fully saturated rings. The van der Waals surface area contributed by atoms with Crippen LogP contribution in [0.15, 0.2) is 58.5 Å². The van der Waals surface area contributed by atoms with Crippen LogP contribution in [0.4, 0.5) is 0 Å². The van der Waals surface area contributed by atoms with E-state index in [-0.39, 0.29) is 10.7 Å². The summed E-state index contributed by atoms with van der Waals surface area (Å²) >= 11 is 0. The summed E-state index contributed by atoms with van der Waals surface area (Å²) in [6, 6.07) is 13.5. The van der Waals surface area contributed by atoms with E-state index in [0.717, 1.165) is 5.56 Å². The van der Waals surface area contributed by atoms with Crippen molar-refractivity contribution in [3.05, 3.63) is 59.7 Å². The summed E-state index contributed by atoms with van der Waals surface area (Å²) in [5.41, 5.74) is 1.61. The largest absolute Gasteiger partial charge is 0.497 e. The molecular formula is C19H22N2O4S. The molecule has 0 atom stereocenters. The molecule has 0 saturated heterocycles. The maximum Gasteiger partial charge on any atom is 0.276 e.